The van der Waals surface area contributed by atoms with Crippen LogP contribution in [0.2, 0.25) is 0 Å². The predicted molar refractivity (Wildman–Crippen MR) is 78.6 cm³/mol. The SMILES string of the molecule is CCN(CCCN(C)C)C(CN)c1ccc(F)cc1. The van der Waals surface area contributed by atoms with E-state index in [9.17, 15) is 4.39 Å². The van der Waals surface area contributed by atoms with E-state index in [2.05, 4.69) is 30.8 Å². The van der Waals surface area contributed by atoms with Crippen molar-refractivity contribution in [3.05, 3.63) is 35.6 Å². The highest BCUT2D eigenvalue weighted by atomic mass is 19.1. The first-order valence-electron chi connectivity index (χ1n) is 6.92. The van der Waals surface area contributed by atoms with Crippen molar-refractivity contribution >= 4 is 0 Å². The molecule has 0 radical (unpaired) electrons. The highest BCUT2D eigenvalue weighted by molar-refractivity contribution is 5.20. The molecule has 3 nitrogen and oxygen atoms in total. The van der Waals surface area contributed by atoms with Crippen LogP contribution in [0, 0.1) is 5.82 Å². The third-order valence-corrected chi connectivity index (χ3v) is 3.38. The molecule has 1 unspecified atom stereocenters. The number of hydrogen-bond acceptors (Lipinski definition) is 3. The van der Waals surface area contributed by atoms with Crippen molar-refractivity contribution in [3.8, 4) is 0 Å². The van der Waals surface area contributed by atoms with Gasteiger partial charge in [-0.05, 0) is 51.3 Å². The monoisotopic (exact) mass is 267 g/mol. The maximum absolute atomic E-state index is 13.0. The number of nitrogens with zero attached hydrogens (tertiary/aromatic N) is 2. The lowest BCUT2D eigenvalue weighted by Crippen LogP contribution is -2.35. The first kappa shape index (κ1) is 16.1. The van der Waals surface area contributed by atoms with E-state index in [-0.39, 0.29) is 11.9 Å². The summed E-state index contributed by atoms with van der Waals surface area (Å²) in [6.45, 7) is 5.72. The van der Waals surface area contributed by atoms with E-state index in [0.29, 0.717) is 6.54 Å². The smallest absolute Gasteiger partial charge is 0.123 e. The van der Waals surface area contributed by atoms with Gasteiger partial charge in [0.2, 0.25) is 0 Å². The van der Waals surface area contributed by atoms with Crippen LogP contribution >= 0.6 is 0 Å². The van der Waals surface area contributed by atoms with Crippen molar-refractivity contribution in [1.29, 1.82) is 0 Å². The normalized spacial score (nSPS) is 13.2. The van der Waals surface area contributed by atoms with Crippen molar-refractivity contribution in [1.82, 2.24) is 9.80 Å². The van der Waals surface area contributed by atoms with E-state index in [1.807, 2.05) is 12.1 Å². The molecule has 0 spiro atoms. The molecule has 1 aromatic rings. The Morgan fingerprint density at radius 3 is 2.26 bits per heavy atom. The summed E-state index contributed by atoms with van der Waals surface area (Å²) in [6.07, 6.45) is 1.11. The minimum atomic E-state index is -0.199. The lowest BCUT2D eigenvalue weighted by molar-refractivity contribution is 0.201. The molecule has 2 N–H and O–H groups in total. The highest BCUT2D eigenvalue weighted by Gasteiger charge is 2.17. The predicted octanol–water partition coefficient (Wildman–Crippen LogP) is 2.10. The van der Waals surface area contributed by atoms with Crippen LogP contribution < -0.4 is 5.73 Å². The van der Waals surface area contributed by atoms with E-state index in [4.69, 9.17) is 5.73 Å². The lowest BCUT2D eigenvalue weighted by Gasteiger charge is -2.30. The molecule has 0 aliphatic rings. The second-order valence-electron chi connectivity index (χ2n) is 5.09. The number of halogens is 1. The molecule has 1 atom stereocenters. The summed E-state index contributed by atoms with van der Waals surface area (Å²) in [4.78, 5) is 4.54. The van der Waals surface area contributed by atoms with Crippen LogP contribution in [0.25, 0.3) is 0 Å². The van der Waals surface area contributed by atoms with Gasteiger partial charge in [0, 0.05) is 19.1 Å². The Kier molecular flexibility index (Phi) is 6.99. The van der Waals surface area contributed by atoms with Crippen LogP contribution in [0.4, 0.5) is 4.39 Å². The summed E-state index contributed by atoms with van der Waals surface area (Å²) >= 11 is 0. The van der Waals surface area contributed by atoms with Crippen molar-refractivity contribution in [2.24, 2.45) is 5.73 Å². The Morgan fingerprint density at radius 1 is 1.16 bits per heavy atom. The fourth-order valence-corrected chi connectivity index (χ4v) is 2.31. The minimum absolute atomic E-state index is 0.174. The summed E-state index contributed by atoms with van der Waals surface area (Å²) in [5.74, 6) is -0.199. The van der Waals surface area contributed by atoms with Crippen LogP contribution in [0.5, 0.6) is 0 Å². The third-order valence-electron chi connectivity index (χ3n) is 3.38. The Morgan fingerprint density at radius 2 is 1.79 bits per heavy atom. The molecule has 0 amide bonds. The quantitative estimate of drug-likeness (QED) is 0.783. The zero-order chi connectivity index (χ0) is 14.3. The van der Waals surface area contributed by atoms with E-state index < -0.39 is 0 Å². The zero-order valence-electron chi connectivity index (χ0n) is 12.3. The largest absolute Gasteiger partial charge is 0.329 e. The number of hydrogen-bond donors (Lipinski definition) is 1. The van der Waals surface area contributed by atoms with E-state index in [1.165, 1.54) is 12.1 Å². The van der Waals surface area contributed by atoms with E-state index >= 15 is 0 Å². The lowest BCUT2D eigenvalue weighted by atomic mass is 10.0. The summed E-state index contributed by atoms with van der Waals surface area (Å²) in [5.41, 5.74) is 7.00. The van der Waals surface area contributed by atoms with Gasteiger partial charge in [0.25, 0.3) is 0 Å². The number of likely N-dealkylation sites (N-methyl/N-ethyl adjacent to an activating group) is 1. The van der Waals surface area contributed by atoms with E-state index in [0.717, 1.165) is 31.6 Å². The van der Waals surface area contributed by atoms with Crippen LogP contribution in [0.3, 0.4) is 0 Å². The summed E-state index contributed by atoms with van der Waals surface area (Å²) in [7, 11) is 4.16. The van der Waals surface area contributed by atoms with Crippen LogP contribution in [-0.4, -0.2) is 50.1 Å². The maximum Gasteiger partial charge on any atom is 0.123 e. The molecule has 0 aliphatic heterocycles. The molecule has 0 saturated carbocycles. The van der Waals surface area contributed by atoms with Gasteiger partial charge in [0.1, 0.15) is 5.82 Å². The molecule has 0 saturated heterocycles. The molecule has 0 heterocycles. The fourth-order valence-electron chi connectivity index (χ4n) is 2.31. The molecule has 0 bridgehead atoms. The molecule has 0 aromatic heterocycles. The Hall–Kier alpha value is -0.970. The third kappa shape index (κ3) is 5.27. The number of nitrogens with two attached hydrogens (primary N) is 1. The Balaban J connectivity index is 2.66. The summed E-state index contributed by atoms with van der Waals surface area (Å²) in [5, 5.41) is 0. The Bertz CT molecular complexity index is 351. The average Bonchev–Trinajstić information content (AvgIpc) is 2.39. The molecule has 1 rings (SSSR count). The maximum atomic E-state index is 13.0. The van der Waals surface area contributed by atoms with Gasteiger partial charge >= 0.3 is 0 Å². The Labute approximate surface area is 116 Å². The molecule has 4 heteroatoms. The van der Waals surface area contributed by atoms with Gasteiger partial charge in [-0.15, -0.1) is 0 Å². The second kappa shape index (κ2) is 8.25. The molecular weight excluding hydrogens is 241 g/mol. The zero-order valence-corrected chi connectivity index (χ0v) is 12.3. The molecule has 108 valence electrons. The molecule has 0 fully saturated rings. The van der Waals surface area contributed by atoms with Gasteiger partial charge < -0.3 is 10.6 Å². The number of rotatable bonds is 8. The molecule has 1 aromatic carbocycles. The van der Waals surface area contributed by atoms with Crippen molar-refractivity contribution in [3.63, 3.8) is 0 Å². The summed E-state index contributed by atoms with van der Waals surface area (Å²) in [6, 6.07) is 6.85. The molecular formula is C15H26FN3. The first-order chi connectivity index (χ1) is 9.08. The van der Waals surface area contributed by atoms with E-state index in [1.54, 1.807) is 0 Å². The van der Waals surface area contributed by atoms with Gasteiger partial charge in [-0.3, -0.25) is 4.90 Å². The van der Waals surface area contributed by atoms with Crippen molar-refractivity contribution < 1.29 is 4.39 Å². The van der Waals surface area contributed by atoms with Crippen LogP contribution in [0.1, 0.15) is 24.9 Å². The molecule has 19 heavy (non-hydrogen) atoms. The number of benzene rings is 1. The average molecular weight is 267 g/mol. The van der Waals surface area contributed by atoms with Gasteiger partial charge in [-0.25, -0.2) is 4.39 Å². The summed E-state index contributed by atoms with van der Waals surface area (Å²) < 4.78 is 13.0. The molecule has 0 aliphatic carbocycles. The fraction of sp³-hybridized carbons (Fsp3) is 0.600. The van der Waals surface area contributed by atoms with Gasteiger partial charge in [-0.2, -0.15) is 0 Å². The minimum Gasteiger partial charge on any atom is -0.329 e. The van der Waals surface area contributed by atoms with Crippen LogP contribution in [-0.2, 0) is 0 Å². The topological polar surface area (TPSA) is 32.5 Å². The standard InChI is InChI=1S/C15H26FN3/c1-4-19(11-5-10-18(2)3)15(12-17)13-6-8-14(16)9-7-13/h6-9,15H,4-5,10-12,17H2,1-3H3. The van der Waals surface area contributed by atoms with Crippen LogP contribution in [0.15, 0.2) is 24.3 Å². The van der Waals surface area contributed by atoms with Crippen molar-refractivity contribution in [2.45, 2.75) is 19.4 Å². The van der Waals surface area contributed by atoms with Gasteiger partial charge in [-0.1, -0.05) is 19.1 Å². The highest BCUT2D eigenvalue weighted by Crippen LogP contribution is 2.20. The van der Waals surface area contributed by atoms with Gasteiger partial charge in [0.15, 0.2) is 0 Å². The van der Waals surface area contributed by atoms with Gasteiger partial charge in [0.05, 0.1) is 0 Å². The second-order valence-corrected chi connectivity index (χ2v) is 5.09. The first-order valence-corrected chi connectivity index (χ1v) is 6.92. The van der Waals surface area contributed by atoms with Crippen molar-refractivity contribution in [2.75, 3.05) is 40.3 Å².